The van der Waals surface area contributed by atoms with Gasteiger partial charge < -0.3 is 0 Å². The van der Waals surface area contributed by atoms with E-state index in [0.29, 0.717) is 29.2 Å². The molecule has 126 valence electrons. The first kappa shape index (κ1) is 14.5. The predicted octanol–water partition coefficient (Wildman–Crippen LogP) is 1.34. The fourth-order valence-corrected chi connectivity index (χ4v) is 2.85. The molecule has 0 aliphatic heterocycles. The van der Waals surface area contributed by atoms with Crippen LogP contribution >= 0.6 is 0 Å². The van der Waals surface area contributed by atoms with E-state index in [9.17, 15) is 4.79 Å². The summed E-state index contributed by atoms with van der Waals surface area (Å²) in [7, 11) is 0. The molecule has 0 saturated heterocycles. The highest BCUT2D eigenvalue weighted by atomic mass is 16.1. The molecule has 0 atom stereocenters. The van der Waals surface area contributed by atoms with Crippen LogP contribution in [-0.4, -0.2) is 40.0 Å². The van der Waals surface area contributed by atoms with E-state index < -0.39 is 0 Å². The molecule has 1 aromatic carbocycles. The largest absolute Gasteiger partial charge is 0.275 e. The quantitative estimate of drug-likeness (QED) is 0.510. The Morgan fingerprint density at radius 1 is 1.04 bits per heavy atom. The van der Waals surface area contributed by atoms with E-state index in [2.05, 4.69) is 35.5 Å². The fraction of sp³-hybridized carbons (Fsp3) is 0.0588. The number of H-pyrrole nitrogens is 2. The maximum Gasteiger partial charge on any atom is 0.274 e. The Labute approximate surface area is 145 Å². The van der Waals surface area contributed by atoms with Gasteiger partial charge in [-0.3, -0.25) is 14.9 Å². The van der Waals surface area contributed by atoms with Crippen molar-refractivity contribution in [2.75, 3.05) is 0 Å². The van der Waals surface area contributed by atoms with Crippen LogP contribution in [0.15, 0.2) is 53.6 Å². The van der Waals surface area contributed by atoms with Crippen LogP contribution in [0.5, 0.6) is 0 Å². The minimum atomic E-state index is -0.227. The smallest absolute Gasteiger partial charge is 0.274 e. The van der Waals surface area contributed by atoms with E-state index >= 15 is 0 Å². The maximum absolute atomic E-state index is 12.5. The van der Waals surface area contributed by atoms with Gasteiger partial charge in [0.1, 0.15) is 16.9 Å². The number of aromatic nitrogens is 8. The minimum Gasteiger partial charge on any atom is -0.275 e. The molecule has 5 aromatic rings. The van der Waals surface area contributed by atoms with Crippen LogP contribution in [0.25, 0.3) is 28.1 Å². The summed E-state index contributed by atoms with van der Waals surface area (Å²) < 4.78 is 1.34. The highest BCUT2D eigenvalue weighted by Gasteiger charge is 2.11. The second kappa shape index (κ2) is 5.59. The zero-order chi connectivity index (χ0) is 17.5. The van der Waals surface area contributed by atoms with Gasteiger partial charge in [-0.15, -0.1) is 0 Å². The highest BCUT2D eigenvalue weighted by Crippen LogP contribution is 2.20. The van der Waals surface area contributed by atoms with Crippen molar-refractivity contribution >= 4 is 16.8 Å². The van der Waals surface area contributed by atoms with E-state index in [1.807, 2.05) is 30.3 Å². The standard InChI is InChI=1S/C17H12N8O/c26-16-8-13(11-3-4-12-14(7-11)22-24-21-12)19-17-20-15(23-25(16)17)6-10-2-1-5-18-9-10/h1-5,7-9H,6H2,(H,19,20,23)(H,21,22,24). The molecule has 0 unspecified atom stereocenters. The van der Waals surface area contributed by atoms with Gasteiger partial charge in [0, 0.05) is 30.4 Å². The molecule has 0 amide bonds. The molecule has 0 saturated carbocycles. The Bertz CT molecular complexity index is 1280. The fourth-order valence-electron chi connectivity index (χ4n) is 2.85. The van der Waals surface area contributed by atoms with Crippen molar-refractivity contribution in [1.82, 2.24) is 40.0 Å². The van der Waals surface area contributed by atoms with Crippen LogP contribution in [0.2, 0.25) is 0 Å². The van der Waals surface area contributed by atoms with Crippen LogP contribution in [0, 0.1) is 0 Å². The van der Waals surface area contributed by atoms with Gasteiger partial charge in [-0.25, -0.2) is 4.98 Å². The van der Waals surface area contributed by atoms with E-state index in [4.69, 9.17) is 0 Å². The zero-order valence-electron chi connectivity index (χ0n) is 13.4. The number of pyridine rings is 1. The monoisotopic (exact) mass is 344 g/mol. The third kappa shape index (κ3) is 2.42. The summed E-state index contributed by atoms with van der Waals surface area (Å²) in [4.78, 5) is 25.5. The molecule has 2 N–H and O–H groups in total. The average molecular weight is 344 g/mol. The Kier molecular flexibility index (Phi) is 3.11. The van der Waals surface area contributed by atoms with Crippen LogP contribution in [-0.2, 0) is 6.42 Å². The lowest BCUT2D eigenvalue weighted by Crippen LogP contribution is -2.14. The van der Waals surface area contributed by atoms with Crippen molar-refractivity contribution < 1.29 is 0 Å². The Morgan fingerprint density at radius 2 is 1.96 bits per heavy atom. The topological polar surface area (TPSA) is 118 Å². The summed E-state index contributed by atoms with van der Waals surface area (Å²) in [5, 5.41) is 13.7. The van der Waals surface area contributed by atoms with Crippen molar-refractivity contribution in [2.45, 2.75) is 6.42 Å². The molecule has 0 radical (unpaired) electrons. The van der Waals surface area contributed by atoms with Gasteiger partial charge in [0.05, 0.1) is 5.69 Å². The summed E-state index contributed by atoms with van der Waals surface area (Å²) in [6.45, 7) is 0. The zero-order valence-corrected chi connectivity index (χ0v) is 13.4. The summed E-state index contributed by atoms with van der Waals surface area (Å²) >= 11 is 0. The van der Waals surface area contributed by atoms with Crippen LogP contribution < -0.4 is 5.56 Å². The first-order valence-electron chi connectivity index (χ1n) is 7.95. The van der Waals surface area contributed by atoms with Crippen LogP contribution in [0.1, 0.15) is 11.4 Å². The SMILES string of the molecule is O=c1cc(-c2ccc3n[nH]nc3c2)nc2nc(Cc3cccnc3)[nH]n12. The lowest BCUT2D eigenvalue weighted by atomic mass is 10.1. The second-order valence-electron chi connectivity index (χ2n) is 5.85. The first-order chi connectivity index (χ1) is 12.8. The van der Waals surface area contributed by atoms with Gasteiger partial charge in [0.2, 0.25) is 0 Å². The van der Waals surface area contributed by atoms with Crippen molar-refractivity contribution in [1.29, 1.82) is 0 Å². The van der Waals surface area contributed by atoms with E-state index in [-0.39, 0.29) is 5.56 Å². The van der Waals surface area contributed by atoms with Gasteiger partial charge in [-0.05, 0) is 23.8 Å². The molecule has 9 nitrogen and oxygen atoms in total. The van der Waals surface area contributed by atoms with Gasteiger partial charge >= 0.3 is 0 Å². The molecule has 0 bridgehead atoms. The molecule has 9 heteroatoms. The third-order valence-electron chi connectivity index (χ3n) is 4.08. The highest BCUT2D eigenvalue weighted by molar-refractivity contribution is 5.80. The number of nitrogens with one attached hydrogen (secondary N) is 2. The maximum atomic E-state index is 12.5. The number of benzene rings is 1. The third-order valence-corrected chi connectivity index (χ3v) is 4.08. The van der Waals surface area contributed by atoms with Crippen LogP contribution in [0.4, 0.5) is 0 Å². The summed E-state index contributed by atoms with van der Waals surface area (Å²) in [5.74, 6) is 0.971. The molecule has 4 heterocycles. The van der Waals surface area contributed by atoms with Crippen molar-refractivity contribution in [3.05, 3.63) is 70.5 Å². The van der Waals surface area contributed by atoms with E-state index in [0.717, 1.165) is 16.6 Å². The molecule has 4 aromatic heterocycles. The van der Waals surface area contributed by atoms with Gasteiger partial charge in [-0.1, -0.05) is 12.1 Å². The van der Waals surface area contributed by atoms with Crippen molar-refractivity contribution in [2.24, 2.45) is 0 Å². The molecule has 26 heavy (non-hydrogen) atoms. The van der Waals surface area contributed by atoms with Crippen LogP contribution in [0.3, 0.4) is 0 Å². The average Bonchev–Trinajstić information content (AvgIpc) is 3.28. The molecule has 0 spiro atoms. The lowest BCUT2D eigenvalue weighted by molar-refractivity contribution is 0.862. The lowest BCUT2D eigenvalue weighted by Gasteiger charge is -2.00. The minimum absolute atomic E-state index is 0.227. The number of aromatic amines is 2. The van der Waals surface area contributed by atoms with E-state index in [1.165, 1.54) is 10.6 Å². The molecular weight excluding hydrogens is 332 g/mol. The van der Waals surface area contributed by atoms with Gasteiger partial charge in [-0.2, -0.15) is 24.9 Å². The predicted molar refractivity (Wildman–Crippen MR) is 93.5 cm³/mol. The van der Waals surface area contributed by atoms with Gasteiger partial charge in [0.25, 0.3) is 11.3 Å². The number of fused-ring (bicyclic) bond motifs is 2. The summed E-state index contributed by atoms with van der Waals surface area (Å²) in [6.07, 6.45) is 4.02. The Hall–Kier alpha value is -3.88. The number of hydrogen-bond acceptors (Lipinski definition) is 6. The first-order valence-corrected chi connectivity index (χ1v) is 7.95. The van der Waals surface area contributed by atoms with Gasteiger partial charge in [0.15, 0.2) is 0 Å². The molecule has 0 aliphatic rings. The number of hydrogen-bond donors (Lipinski definition) is 2. The second-order valence-corrected chi connectivity index (χ2v) is 5.85. The Morgan fingerprint density at radius 3 is 2.85 bits per heavy atom. The number of rotatable bonds is 3. The summed E-state index contributed by atoms with van der Waals surface area (Å²) in [5.41, 5.74) is 3.56. The molecule has 0 aliphatic carbocycles. The molecular formula is C17H12N8O. The van der Waals surface area contributed by atoms with Crippen molar-refractivity contribution in [3.63, 3.8) is 0 Å². The Balaban J connectivity index is 1.58. The molecule has 5 rings (SSSR count). The normalized spacial score (nSPS) is 11.4. The molecule has 0 fully saturated rings. The summed E-state index contributed by atoms with van der Waals surface area (Å²) in [6, 6.07) is 10.8. The van der Waals surface area contributed by atoms with E-state index in [1.54, 1.807) is 12.4 Å². The number of nitrogens with zero attached hydrogens (tertiary/aromatic N) is 6. The van der Waals surface area contributed by atoms with Crippen molar-refractivity contribution in [3.8, 4) is 11.3 Å².